The van der Waals surface area contributed by atoms with Gasteiger partial charge in [0.05, 0.1) is 11.0 Å². The number of hydrogen-bond donors (Lipinski definition) is 1. The molecule has 1 spiro atoms. The van der Waals surface area contributed by atoms with E-state index >= 15 is 0 Å². The highest BCUT2D eigenvalue weighted by molar-refractivity contribution is 5.99. The number of esters is 1. The number of imide groups is 1. The van der Waals surface area contributed by atoms with Crippen LogP contribution in [0.25, 0.3) is 0 Å². The molecule has 1 aromatic rings. The normalized spacial score (nSPS) is 23.7. The Hall–Kier alpha value is -2.37. The first kappa shape index (κ1) is 18.4. The van der Waals surface area contributed by atoms with Gasteiger partial charge in [-0.1, -0.05) is 0 Å². The maximum Gasteiger partial charge on any atom is 0.338 e. The van der Waals surface area contributed by atoms with Gasteiger partial charge in [-0.2, -0.15) is 0 Å². The van der Waals surface area contributed by atoms with Gasteiger partial charge in [0.25, 0.3) is 0 Å². The monoisotopic (exact) mass is 358 g/mol. The minimum atomic E-state index is -0.526. The first-order chi connectivity index (χ1) is 12.2. The second kappa shape index (κ2) is 6.74. The van der Waals surface area contributed by atoms with Gasteiger partial charge in [0.2, 0.25) is 11.8 Å². The van der Waals surface area contributed by atoms with Gasteiger partial charge < -0.3 is 9.64 Å². The summed E-state index contributed by atoms with van der Waals surface area (Å²) in [6.07, 6.45) is 2.62. The first-order valence-electron chi connectivity index (χ1n) is 9.11. The molecule has 3 rings (SSSR count). The van der Waals surface area contributed by atoms with E-state index < -0.39 is 11.0 Å². The predicted octanol–water partition coefficient (Wildman–Crippen LogP) is 2.67. The number of nitrogens with one attached hydrogen (secondary N) is 1. The van der Waals surface area contributed by atoms with Crippen molar-refractivity contribution >= 4 is 23.5 Å². The highest BCUT2D eigenvalue weighted by Gasteiger charge is 2.46. The molecule has 2 aliphatic heterocycles. The molecule has 6 heteroatoms. The number of carbonyl (C=O) groups is 3. The summed E-state index contributed by atoms with van der Waals surface area (Å²) in [5.41, 5.74) is 0.463. The molecule has 0 bridgehead atoms. The fraction of sp³-hybridized carbons (Fsp3) is 0.550. The molecule has 6 nitrogen and oxygen atoms in total. The number of ether oxygens (including phenoxy) is 1. The van der Waals surface area contributed by atoms with Crippen molar-refractivity contribution in [3.63, 3.8) is 0 Å². The molecule has 1 unspecified atom stereocenters. The summed E-state index contributed by atoms with van der Waals surface area (Å²) in [6, 6.07) is 7.28. The number of hydrogen-bond acceptors (Lipinski definition) is 5. The zero-order valence-electron chi connectivity index (χ0n) is 15.6. The molecular weight excluding hydrogens is 332 g/mol. The van der Waals surface area contributed by atoms with Crippen LogP contribution < -0.4 is 10.2 Å². The third-order valence-electron chi connectivity index (χ3n) is 5.01. The number of benzene rings is 1. The Morgan fingerprint density at radius 3 is 2.50 bits per heavy atom. The highest BCUT2D eigenvalue weighted by atomic mass is 16.6. The van der Waals surface area contributed by atoms with Crippen molar-refractivity contribution in [1.82, 2.24) is 5.32 Å². The molecule has 26 heavy (non-hydrogen) atoms. The van der Waals surface area contributed by atoms with Crippen LogP contribution in [0.4, 0.5) is 5.69 Å². The summed E-state index contributed by atoms with van der Waals surface area (Å²) in [5, 5.41) is 2.53. The van der Waals surface area contributed by atoms with Gasteiger partial charge in [-0.25, -0.2) is 4.79 Å². The molecule has 2 amide bonds. The topological polar surface area (TPSA) is 75.7 Å². The van der Waals surface area contributed by atoms with Crippen LogP contribution in [0.3, 0.4) is 0 Å². The minimum Gasteiger partial charge on any atom is -0.456 e. The van der Waals surface area contributed by atoms with E-state index in [1.54, 1.807) is 12.1 Å². The van der Waals surface area contributed by atoms with Crippen LogP contribution in [0.1, 0.15) is 56.8 Å². The minimum absolute atomic E-state index is 0.145. The zero-order chi connectivity index (χ0) is 18.9. The average Bonchev–Trinajstić information content (AvgIpc) is 2.93. The summed E-state index contributed by atoms with van der Waals surface area (Å²) in [7, 11) is 0. The lowest BCUT2D eigenvalue weighted by Crippen LogP contribution is -2.43. The summed E-state index contributed by atoms with van der Waals surface area (Å²) in [6.45, 7) is 6.87. The van der Waals surface area contributed by atoms with E-state index in [0.29, 0.717) is 18.5 Å². The van der Waals surface area contributed by atoms with Gasteiger partial charge in [-0.05, 0) is 64.3 Å². The number of nitrogens with zero attached hydrogens (tertiary/aromatic N) is 1. The SMILES string of the molecule is CC(C)(C)OC(=O)c1ccc(N2CCC3(CCCC(=O)NC3=O)C2)cc1. The molecule has 140 valence electrons. The first-order valence-corrected chi connectivity index (χ1v) is 9.11. The zero-order valence-corrected chi connectivity index (χ0v) is 15.6. The Balaban J connectivity index is 1.70. The average molecular weight is 358 g/mol. The van der Waals surface area contributed by atoms with Crippen LogP contribution in [-0.4, -0.2) is 36.5 Å². The van der Waals surface area contributed by atoms with Gasteiger partial charge in [0.15, 0.2) is 0 Å². The van der Waals surface area contributed by atoms with Gasteiger partial charge in [-0.3, -0.25) is 14.9 Å². The Morgan fingerprint density at radius 2 is 1.85 bits per heavy atom. The van der Waals surface area contributed by atoms with Crippen molar-refractivity contribution in [2.75, 3.05) is 18.0 Å². The Kier molecular flexibility index (Phi) is 4.78. The molecule has 0 radical (unpaired) electrons. The second-order valence-electron chi connectivity index (χ2n) is 8.23. The van der Waals surface area contributed by atoms with E-state index in [0.717, 1.165) is 31.5 Å². The number of anilines is 1. The summed E-state index contributed by atoms with van der Waals surface area (Å²) >= 11 is 0. The van der Waals surface area contributed by atoms with E-state index in [1.807, 2.05) is 32.9 Å². The van der Waals surface area contributed by atoms with Crippen LogP contribution in [0.2, 0.25) is 0 Å². The van der Waals surface area contributed by atoms with E-state index in [2.05, 4.69) is 10.2 Å². The summed E-state index contributed by atoms with van der Waals surface area (Å²) in [5.74, 6) is -0.663. The molecule has 1 atom stereocenters. The van der Waals surface area contributed by atoms with E-state index in [9.17, 15) is 14.4 Å². The Bertz CT molecular complexity index is 720. The summed E-state index contributed by atoms with van der Waals surface area (Å²) in [4.78, 5) is 38.4. The lowest BCUT2D eigenvalue weighted by Gasteiger charge is -2.26. The maximum atomic E-state index is 12.5. The fourth-order valence-electron chi connectivity index (χ4n) is 3.65. The van der Waals surface area contributed by atoms with Crippen molar-refractivity contribution in [1.29, 1.82) is 0 Å². The van der Waals surface area contributed by atoms with Crippen molar-refractivity contribution in [3.8, 4) is 0 Å². The van der Waals surface area contributed by atoms with Crippen LogP contribution in [0.15, 0.2) is 24.3 Å². The largest absolute Gasteiger partial charge is 0.456 e. The quantitative estimate of drug-likeness (QED) is 0.650. The fourth-order valence-corrected chi connectivity index (χ4v) is 3.65. The third kappa shape index (κ3) is 3.89. The Labute approximate surface area is 153 Å². The van der Waals surface area contributed by atoms with Crippen LogP contribution in [0.5, 0.6) is 0 Å². The number of rotatable bonds is 2. The molecule has 2 fully saturated rings. The van der Waals surface area contributed by atoms with Gasteiger partial charge in [0, 0.05) is 25.2 Å². The third-order valence-corrected chi connectivity index (χ3v) is 5.01. The molecular formula is C20H26N2O4. The van der Waals surface area contributed by atoms with Crippen LogP contribution >= 0.6 is 0 Å². The van der Waals surface area contributed by atoms with Gasteiger partial charge >= 0.3 is 5.97 Å². The summed E-state index contributed by atoms with van der Waals surface area (Å²) < 4.78 is 5.38. The number of amides is 2. The Morgan fingerprint density at radius 1 is 1.15 bits per heavy atom. The van der Waals surface area contributed by atoms with Crippen molar-refractivity contribution < 1.29 is 19.1 Å². The lowest BCUT2D eigenvalue weighted by molar-refractivity contribution is -0.134. The van der Waals surface area contributed by atoms with Gasteiger partial charge in [0.1, 0.15) is 5.60 Å². The molecule has 1 aromatic carbocycles. The van der Waals surface area contributed by atoms with Crippen LogP contribution in [-0.2, 0) is 14.3 Å². The smallest absolute Gasteiger partial charge is 0.338 e. The standard InChI is InChI=1S/C20H26N2O4/c1-19(2,3)26-17(24)14-6-8-15(9-7-14)22-12-11-20(13-22)10-4-5-16(23)21-18(20)25/h6-9H,4-5,10-13H2,1-3H3,(H,21,23,25). The van der Waals surface area contributed by atoms with Gasteiger partial charge in [-0.15, -0.1) is 0 Å². The maximum absolute atomic E-state index is 12.5. The lowest BCUT2D eigenvalue weighted by atomic mass is 9.82. The van der Waals surface area contributed by atoms with Crippen LogP contribution in [0, 0.1) is 5.41 Å². The highest BCUT2D eigenvalue weighted by Crippen LogP contribution is 2.39. The number of carbonyl (C=O) groups excluding carboxylic acids is 3. The predicted molar refractivity (Wildman–Crippen MR) is 97.9 cm³/mol. The molecule has 0 aromatic heterocycles. The van der Waals surface area contributed by atoms with E-state index in [-0.39, 0.29) is 17.8 Å². The van der Waals surface area contributed by atoms with Crippen molar-refractivity contribution in [2.24, 2.45) is 5.41 Å². The molecule has 0 aliphatic carbocycles. The molecule has 2 aliphatic rings. The van der Waals surface area contributed by atoms with Crippen molar-refractivity contribution in [2.45, 2.75) is 52.1 Å². The van der Waals surface area contributed by atoms with E-state index in [4.69, 9.17) is 4.74 Å². The molecule has 2 saturated heterocycles. The molecule has 2 heterocycles. The molecule has 1 N–H and O–H groups in total. The van der Waals surface area contributed by atoms with Crippen molar-refractivity contribution in [3.05, 3.63) is 29.8 Å². The molecule has 0 saturated carbocycles. The van der Waals surface area contributed by atoms with E-state index in [1.165, 1.54) is 0 Å². The second-order valence-corrected chi connectivity index (χ2v) is 8.23.